The molecule has 2 heterocycles. The molecular weight excluding hydrogens is 548 g/mol. The van der Waals surface area contributed by atoms with Crippen molar-refractivity contribution in [2.45, 2.75) is 13.5 Å². The molecule has 0 spiro atoms. The third-order valence-corrected chi connectivity index (χ3v) is 6.68. The molecule has 0 aliphatic rings. The first-order valence-corrected chi connectivity index (χ1v) is 10.3. The number of aromatic nitrogens is 2. The van der Waals surface area contributed by atoms with E-state index in [-0.39, 0.29) is 18.1 Å². The van der Waals surface area contributed by atoms with Gasteiger partial charge in [-0.25, -0.2) is 9.78 Å². The molecule has 0 atom stereocenters. The van der Waals surface area contributed by atoms with Crippen molar-refractivity contribution in [2.75, 3.05) is 13.7 Å². The van der Waals surface area contributed by atoms with Gasteiger partial charge in [-0.1, -0.05) is 18.2 Å². The van der Waals surface area contributed by atoms with Gasteiger partial charge in [-0.2, -0.15) is 0 Å². The van der Waals surface area contributed by atoms with Crippen LogP contribution in [0, 0.1) is 0 Å². The number of hydrogen-bond donors (Lipinski definition) is 1. The fourth-order valence-corrected chi connectivity index (χ4v) is 4.49. The summed E-state index contributed by atoms with van der Waals surface area (Å²) < 4.78 is 14.1. The van der Waals surface area contributed by atoms with Gasteiger partial charge in [0.25, 0.3) is 0 Å². The topological polar surface area (TPSA) is 73.6 Å². The van der Waals surface area contributed by atoms with E-state index in [1.54, 1.807) is 14.0 Å². The van der Waals surface area contributed by atoms with Crippen molar-refractivity contribution in [2.24, 2.45) is 0 Å². The summed E-state index contributed by atoms with van der Waals surface area (Å²) in [6.45, 7) is 2.35. The number of pyridine rings is 1. The van der Waals surface area contributed by atoms with Gasteiger partial charge < -0.3 is 19.1 Å². The number of carbonyl (C=O) groups is 1. The molecule has 0 amide bonds. The zero-order valence-electron chi connectivity index (χ0n) is 14.4. The number of aromatic hydroxyl groups is 1. The molecule has 2 aromatic heterocycles. The van der Waals surface area contributed by atoms with Crippen molar-refractivity contribution >= 4 is 64.7 Å². The van der Waals surface area contributed by atoms with Gasteiger partial charge in [0.2, 0.25) is 0 Å². The minimum Gasteiger partial charge on any atom is -0.505 e. The number of nitrogens with zero attached hydrogens (tertiary/aromatic N) is 2. The minimum atomic E-state index is -0.682. The monoisotopic (exact) mass is 560 g/mol. The van der Waals surface area contributed by atoms with Crippen LogP contribution < -0.4 is 4.74 Å². The van der Waals surface area contributed by atoms with E-state index in [1.165, 1.54) is 0 Å². The lowest BCUT2D eigenvalue weighted by atomic mass is 10.2. The van der Waals surface area contributed by atoms with E-state index < -0.39 is 5.97 Å². The lowest BCUT2D eigenvalue weighted by molar-refractivity contribution is 0.0516. The molecule has 0 aliphatic heterocycles. The average Bonchev–Trinajstić information content (AvgIpc) is 2.91. The maximum absolute atomic E-state index is 12.1. The fourth-order valence-electron chi connectivity index (χ4n) is 2.81. The second kappa shape index (κ2) is 8.20. The van der Waals surface area contributed by atoms with Gasteiger partial charge in [-0.15, -0.1) is 0 Å². The fraction of sp³-hybridized carbons (Fsp3) is 0.222. The second-order valence-corrected chi connectivity index (χ2v) is 7.84. The first-order valence-electron chi connectivity index (χ1n) is 7.95. The van der Waals surface area contributed by atoms with Gasteiger partial charge in [0, 0.05) is 5.56 Å². The smallest absolute Gasteiger partial charge is 0.360 e. The number of carbonyl (C=O) groups excluding carboxylic acids is 1. The van der Waals surface area contributed by atoms with Crippen LogP contribution in [0.15, 0.2) is 37.9 Å². The Kier molecular flexibility index (Phi) is 6.12. The number of halogens is 3. The standard InChI is InChI=1S/C18H15Br3N2O4/c1-3-27-18(25)13-15(24)11-12(19)17(21)23(14(11)16(20)22-13)8-9-6-4-5-7-10(9)26-2/h4-7,24H,3,8H2,1-2H3. The maximum atomic E-state index is 12.1. The van der Waals surface area contributed by atoms with Crippen LogP contribution in [0.1, 0.15) is 23.0 Å². The van der Waals surface area contributed by atoms with Gasteiger partial charge >= 0.3 is 5.97 Å². The van der Waals surface area contributed by atoms with E-state index in [0.717, 1.165) is 11.3 Å². The molecule has 3 aromatic rings. The third-order valence-electron chi connectivity index (χ3n) is 4.00. The van der Waals surface area contributed by atoms with Crippen LogP contribution in [-0.4, -0.2) is 34.3 Å². The number of rotatable bonds is 5. The highest BCUT2D eigenvalue weighted by Gasteiger charge is 2.26. The van der Waals surface area contributed by atoms with Crippen molar-refractivity contribution in [3.8, 4) is 11.5 Å². The van der Waals surface area contributed by atoms with Gasteiger partial charge in [0.15, 0.2) is 11.4 Å². The van der Waals surface area contributed by atoms with Crippen LogP contribution >= 0.6 is 47.8 Å². The molecule has 0 fully saturated rings. The van der Waals surface area contributed by atoms with Crippen LogP contribution in [0.4, 0.5) is 0 Å². The molecule has 9 heteroatoms. The van der Waals surface area contributed by atoms with Crippen LogP contribution in [-0.2, 0) is 11.3 Å². The van der Waals surface area contributed by atoms with E-state index in [1.807, 2.05) is 28.8 Å². The molecule has 27 heavy (non-hydrogen) atoms. The summed E-state index contributed by atoms with van der Waals surface area (Å²) in [7, 11) is 1.62. The molecule has 0 bridgehead atoms. The quantitative estimate of drug-likeness (QED) is 0.339. The number of ether oxygens (including phenoxy) is 2. The van der Waals surface area contributed by atoms with Gasteiger partial charge in [-0.05, 0) is 60.8 Å². The molecule has 0 radical (unpaired) electrons. The normalized spacial score (nSPS) is 11.0. The lowest BCUT2D eigenvalue weighted by Gasteiger charge is -2.12. The first kappa shape index (κ1) is 20.2. The predicted molar refractivity (Wildman–Crippen MR) is 113 cm³/mol. The summed E-state index contributed by atoms with van der Waals surface area (Å²) in [4.78, 5) is 16.3. The molecule has 0 unspecified atom stereocenters. The minimum absolute atomic E-state index is 0.140. The summed E-state index contributed by atoms with van der Waals surface area (Å²) in [5, 5.41) is 11.1. The number of benzene rings is 1. The van der Waals surface area contributed by atoms with E-state index in [2.05, 4.69) is 52.8 Å². The number of para-hydroxylation sites is 1. The Hall–Kier alpha value is -1.58. The summed E-state index contributed by atoms with van der Waals surface area (Å²) in [5.41, 5.74) is 1.44. The van der Waals surface area contributed by atoms with Crippen molar-refractivity contribution in [1.82, 2.24) is 9.55 Å². The van der Waals surface area contributed by atoms with Crippen molar-refractivity contribution in [3.05, 3.63) is 49.2 Å². The number of methoxy groups -OCH3 is 1. The molecule has 0 saturated carbocycles. The van der Waals surface area contributed by atoms with E-state index in [9.17, 15) is 9.90 Å². The van der Waals surface area contributed by atoms with Gasteiger partial charge in [0.05, 0.1) is 35.6 Å². The number of hydrogen-bond acceptors (Lipinski definition) is 5. The highest BCUT2D eigenvalue weighted by molar-refractivity contribution is 9.13. The van der Waals surface area contributed by atoms with Crippen LogP contribution in [0.25, 0.3) is 10.9 Å². The Morgan fingerprint density at radius 3 is 2.63 bits per heavy atom. The van der Waals surface area contributed by atoms with Crippen LogP contribution in [0.5, 0.6) is 11.5 Å². The Bertz CT molecular complexity index is 1030. The van der Waals surface area contributed by atoms with Crippen molar-refractivity contribution in [1.29, 1.82) is 0 Å². The Balaban J connectivity index is 2.22. The number of fused-ring (bicyclic) bond motifs is 1. The first-order chi connectivity index (χ1) is 12.9. The largest absolute Gasteiger partial charge is 0.505 e. The van der Waals surface area contributed by atoms with Crippen molar-refractivity contribution in [3.63, 3.8) is 0 Å². The molecule has 3 rings (SSSR count). The van der Waals surface area contributed by atoms with Gasteiger partial charge in [0.1, 0.15) is 15.0 Å². The zero-order valence-corrected chi connectivity index (χ0v) is 19.2. The van der Waals surface area contributed by atoms with E-state index >= 15 is 0 Å². The van der Waals surface area contributed by atoms with Crippen molar-refractivity contribution < 1.29 is 19.4 Å². The number of esters is 1. The molecule has 142 valence electrons. The predicted octanol–water partition coefficient (Wildman–Crippen LogP) is 5.26. The summed E-state index contributed by atoms with van der Waals surface area (Å²) >= 11 is 10.5. The molecule has 0 aliphatic carbocycles. The van der Waals surface area contributed by atoms with Crippen LogP contribution in [0.3, 0.4) is 0 Å². The molecule has 6 nitrogen and oxygen atoms in total. The Labute approximate surface area is 180 Å². The maximum Gasteiger partial charge on any atom is 0.360 e. The van der Waals surface area contributed by atoms with Crippen LogP contribution in [0.2, 0.25) is 0 Å². The SMILES string of the molecule is CCOC(=O)c1nc(Br)c2c(c1O)c(Br)c(Br)n2Cc1ccccc1OC. The lowest BCUT2D eigenvalue weighted by Crippen LogP contribution is -2.09. The molecule has 1 aromatic carbocycles. The second-order valence-electron chi connectivity index (χ2n) is 5.55. The van der Waals surface area contributed by atoms with E-state index in [4.69, 9.17) is 9.47 Å². The van der Waals surface area contributed by atoms with Gasteiger partial charge in [-0.3, -0.25) is 0 Å². The van der Waals surface area contributed by atoms with E-state index in [0.29, 0.717) is 31.1 Å². The summed E-state index contributed by atoms with van der Waals surface area (Å²) in [6, 6.07) is 7.67. The summed E-state index contributed by atoms with van der Waals surface area (Å²) in [6.07, 6.45) is 0. The molecule has 0 saturated heterocycles. The highest BCUT2D eigenvalue weighted by atomic mass is 79.9. The Morgan fingerprint density at radius 2 is 1.96 bits per heavy atom. The Morgan fingerprint density at radius 1 is 1.26 bits per heavy atom. The summed E-state index contributed by atoms with van der Waals surface area (Å²) in [5.74, 6) is -0.171. The average molecular weight is 563 g/mol. The molecule has 1 N–H and O–H groups in total. The zero-order chi connectivity index (χ0) is 19.7. The third kappa shape index (κ3) is 3.60. The highest BCUT2D eigenvalue weighted by Crippen LogP contribution is 2.44. The molecular formula is C18H15Br3N2O4.